The Morgan fingerprint density at radius 1 is 0.197 bits per heavy atom. The third kappa shape index (κ3) is 14.8. The molecule has 21 rings (SSSR count). The fourth-order valence-electron chi connectivity index (χ4n) is 19.5. The summed E-state index contributed by atoms with van der Waals surface area (Å²) < 4.78 is 0. The zero-order valence-electron chi connectivity index (χ0n) is 74.1. The highest BCUT2D eigenvalue weighted by Crippen LogP contribution is 2.48. The summed E-state index contributed by atoms with van der Waals surface area (Å²) in [5.41, 5.74) is 69.4. The fraction of sp³-hybridized carbons (Fsp3) is 0.306. The second-order valence-corrected chi connectivity index (χ2v) is 34.5. The molecule has 9 aromatic carbocycles. The maximum atomic E-state index is 4.78. The van der Waals surface area contributed by atoms with Crippen molar-refractivity contribution in [3.05, 3.63) is 352 Å². The van der Waals surface area contributed by atoms with Crippen LogP contribution in [0.3, 0.4) is 0 Å². The van der Waals surface area contributed by atoms with Gasteiger partial charge < -0.3 is 0 Å². The first-order chi connectivity index (χ1) is 55.8. The summed E-state index contributed by atoms with van der Waals surface area (Å²) in [6, 6.07) is 40.2. The fourth-order valence-corrected chi connectivity index (χ4v) is 19.5. The molecule has 0 saturated carbocycles. The summed E-state index contributed by atoms with van der Waals surface area (Å²) in [4.78, 5) is 40.4. The van der Waals surface area contributed by atoms with Crippen molar-refractivity contribution < 1.29 is 0 Å². The number of nitrogens with zero attached hydrogens (tertiary/aromatic N) is 9. The first kappa shape index (κ1) is 80.6. The van der Waals surface area contributed by atoms with Crippen LogP contribution in [0.1, 0.15) is 224 Å². The zero-order valence-corrected chi connectivity index (χ0v) is 74.1. The Hall–Kier alpha value is -11.6. The average molecular weight is 1540 g/mol. The molecule has 0 spiro atoms. The van der Waals surface area contributed by atoms with Gasteiger partial charge in [-0.05, 0) is 410 Å². The van der Waals surface area contributed by atoms with Crippen molar-refractivity contribution in [1.29, 1.82) is 0 Å². The molecule has 0 radical (unpaired) electrons. The van der Waals surface area contributed by atoms with Crippen LogP contribution < -0.4 is 0 Å². The van der Waals surface area contributed by atoms with Gasteiger partial charge >= 0.3 is 0 Å². The third-order valence-electron chi connectivity index (χ3n) is 27.0. The number of hydrogen-bond acceptors (Lipinski definition) is 9. The molecule has 0 fully saturated rings. The van der Waals surface area contributed by atoms with Crippen molar-refractivity contribution in [2.75, 3.05) is 0 Å². The van der Waals surface area contributed by atoms with E-state index in [1.807, 2.05) is 33.2 Å². The molecule has 0 saturated heterocycles. The SMILES string of the molecule is Cc1cc(C)c2c(c1C)-c1ccccc1C2.Cc1cc(C)c2c(c1C)Cc1ncnc(C)c1-2.Cc1cc2c(nc1C)Cc1c(C)c(C)cc(C)c1-2.Cc1ccc2c(c1C)-c1ccccc1C2.Cc1nc(C)c2c(n1)Cc1c-2ccc(C)c1C.Cc1ncc2c(n1)Cc1c(C)c(C)cc(C)c1-2.Cc1ncc2c(n1)Cc1c-2cc(C)c(C)c1C. The average Bonchev–Trinajstić information content (AvgIpc) is 1.65. The lowest BCUT2D eigenvalue weighted by atomic mass is 9.93. The van der Waals surface area contributed by atoms with Crippen LogP contribution in [0.2, 0.25) is 0 Å². The minimum Gasteiger partial charge on any atom is -0.257 e. The number of aryl methyl sites for hydroxylation is 18. The summed E-state index contributed by atoms with van der Waals surface area (Å²) in [6.45, 7) is 56.2. The van der Waals surface area contributed by atoms with E-state index in [1.54, 1.807) is 6.33 Å². The molecule has 0 amide bonds. The molecule has 7 aliphatic carbocycles. The van der Waals surface area contributed by atoms with Crippen molar-refractivity contribution in [2.24, 2.45) is 0 Å². The summed E-state index contributed by atoms with van der Waals surface area (Å²) in [5.74, 6) is 2.61. The molecule has 9 nitrogen and oxygen atoms in total. The summed E-state index contributed by atoms with van der Waals surface area (Å²) in [7, 11) is 0. The van der Waals surface area contributed by atoms with Crippen LogP contribution in [0.25, 0.3) is 77.9 Å². The van der Waals surface area contributed by atoms with Gasteiger partial charge in [-0.2, -0.15) is 0 Å². The Balaban J connectivity index is 0.000000107. The van der Waals surface area contributed by atoms with Crippen LogP contribution in [0.15, 0.2) is 128 Å². The largest absolute Gasteiger partial charge is 0.257 e. The minimum atomic E-state index is 0.864. The van der Waals surface area contributed by atoms with Gasteiger partial charge in [-0.3, -0.25) is 4.98 Å². The number of benzene rings is 9. The van der Waals surface area contributed by atoms with Crippen LogP contribution in [0, 0.1) is 180 Å². The van der Waals surface area contributed by atoms with E-state index < -0.39 is 0 Å². The maximum absolute atomic E-state index is 4.78. The van der Waals surface area contributed by atoms with E-state index in [9.17, 15) is 0 Å². The van der Waals surface area contributed by atoms with E-state index in [-0.39, 0.29) is 0 Å². The molecule has 117 heavy (non-hydrogen) atoms. The van der Waals surface area contributed by atoms with Gasteiger partial charge in [0.15, 0.2) is 0 Å². The molecule has 0 atom stereocenters. The van der Waals surface area contributed by atoms with Crippen LogP contribution in [-0.4, -0.2) is 44.9 Å². The van der Waals surface area contributed by atoms with Crippen LogP contribution >= 0.6 is 0 Å². The van der Waals surface area contributed by atoms with E-state index in [0.29, 0.717) is 0 Å². The standard InChI is InChI=1S/C17H19N.C16H16.4C15H16N2.C15H14/c1-9-6-11(3)17-14(12(9)4)8-16-15(17)7-10(2)13(5)18-16;1-10-8-11(2)15-9-13-6-4-5-7-14(13)16(15)12(10)3;1-8-5-13-12(10(3)9(8)2)6-15-14(13)7-16-11(4)17-15;1-8-5-9(2)15-12(10(8)3)6-14-13(15)7-16-11(4)17-14;1-8-5-9(2)14-12(10(8)3)6-13-15(14)11(4)16-7-17-13;1-8-5-6-12-13(9(8)2)7-14-15(12)10(3)16-11(4)17-14;1-10-7-8-13-9-12-5-3-4-6-14(12)15(13)11(10)2/h6-7H,8H2,1-5H3;4-8H,9H2,1-3H3;3*5,7H,6H2,1-4H3;5-6H,7H2,1-4H3;3-8H,9H2,1-2H3. The van der Waals surface area contributed by atoms with Crippen molar-refractivity contribution in [3.8, 4) is 77.9 Å². The zero-order chi connectivity index (χ0) is 83.3. The van der Waals surface area contributed by atoms with Crippen molar-refractivity contribution >= 4 is 0 Å². The summed E-state index contributed by atoms with van der Waals surface area (Å²) in [6.07, 6.45) is 12.7. The predicted octanol–water partition coefficient (Wildman–Crippen LogP) is 25.4. The van der Waals surface area contributed by atoms with E-state index in [0.717, 1.165) is 79.5 Å². The molecule has 5 heterocycles. The number of hydrogen-bond donors (Lipinski definition) is 0. The first-order valence-corrected chi connectivity index (χ1v) is 41.9. The highest BCUT2D eigenvalue weighted by Gasteiger charge is 2.31. The number of aromatic nitrogens is 9. The maximum Gasteiger partial charge on any atom is 0.125 e. The monoisotopic (exact) mass is 1540 g/mol. The summed E-state index contributed by atoms with van der Waals surface area (Å²) in [5, 5.41) is 0. The van der Waals surface area contributed by atoms with E-state index in [2.05, 4.69) is 308 Å². The predicted molar refractivity (Wildman–Crippen MR) is 486 cm³/mol. The molecule has 9 heteroatoms. The van der Waals surface area contributed by atoms with Crippen LogP contribution in [0.5, 0.6) is 0 Å². The molecular formula is C108H113N9. The molecule has 590 valence electrons. The third-order valence-corrected chi connectivity index (χ3v) is 27.0. The van der Waals surface area contributed by atoms with Gasteiger partial charge in [-0.15, -0.1) is 0 Å². The van der Waals surface area contributed by atoms with Crippen LogP contribution in [-0.2, 0) is 44.9 Å². The van der Waals surface area contributed by atoms with E-state index in [1.165, 1.54) is 268 Å². The van der Waals surface area contributed by atoms with Gasteiger partial charge in [0, 0.05) is 89.4 Å². The Morgan fingerprint density at radius 3 is 1.29 bits per heavy atom. The van der Waals surface area contributed by atoms with Crippen molar-refractivity contribution in [1.82, 2.24) is 44.9 Å². The molecule has 0 N–H and O–H groups in total. The first-order valence-electron chi connectivity index (χ1n) is 41.9. The lowest BCUT2D eigenvalue weighted by molar-refractivity contribution is 0.965. The van der Waals surface area contributed by atoms with E-state index in [4.69, 9.17) is 4.98 Å². The number of rotatable bonds is 0. The van der Waals surface area contributed by atoms with Gasteiger partial charge in [-0.25, -0.2) is 39.9 Å². The lowest BCUT2D eigenvalue weighted by Gasteiger charge is -2.12. The topological polar surface area (TPSA) is 116 Å². The molecule has 0 bridgehead atoms. The Kier molecular flexibility index (Phi) is 21.9. The number of pyridine rings is 1. The van der Waals surface area contributed by atoms with Gasteiger partial charge in [0.1, 0.15) is 23.8 Å². The van der Waals surface area contributed by atoms with Crippen LogP contribution in [0.4, 0.5) is 0 Å². The molecule has 14 aromatic rings. The summed E-state index contributed by atoms with van der Waals surface area (Å²) >= 11 is 0. The lowest BCUT2D eigenvalue weighted by Crippen LogP contribution is -1.97. The Morgan fingerprint density at radius 2 is 0.650 bits per heavy atom. The highest BCUT2D eigenvalue weighted by molar-refractivity contribution is 5.86. The Bertz CT molecular complexity index is 6480. The van der Waals surface area contributed by atoms with Gasteiger partial charge in [-0.1, -0.05) is 103 Å². The molecular weight excluding hydrogens is 1420 g/mol. The second kappa shape index (κ2) is 31.8. The normalized spacial score (nSPS) is 12.5. The van der Waals surface area contributed by atoms with E-state index >= 15 is 0 Å². The quantitative estimate of drug-likeness (QED) is 0.146. The smallest absolute Gasteiger partial charge is 0.125 e. The second-order valence-electron chi connectivity index (χ2n) is 34.5. The van der Waals surface area contributed by atoms with Gasteiger partial charge in [0.25, 0.3) is 0 Å². The van der Waals surface area contributed by atoms with Gasteiger partial charge in [0.05, 0.1) is 28.5 Å². The Labute approximate surface area is 695 Å². The number of fused-ring (bicyclic) bond motifs is 21. The highest BCUT2D eigenvalue weighted by atomic mass is 14.9. The molecule has 0 unspecified atom stereocenters. The van der Waals surface area contributed by atoms with Crippen molar-refractivity contribution in [2.45, 2.75) is 225 Å². The molecule has 5 aromatic heterocycles. The minimum absolute atomic E-state index is 0.864. The van der Waals surface area contributed by atoms with Gasteiger partial charge in [0.2, 0.25) is 0 Å². The molecule has 0 aliphatic heterocycles. The molecule has 7 aliphatic rings. The van der Waals surface area contributed by atoms with Crippen molar-refractivity contribution in [3.63, 3.8) is 0 Å².